The second kappa shape index (κ2) is 6.32. The van der Waals surface area contributed by atoms with Crippen molar-refractivity contribution in [3.05, 3.63) is 0 Å². The molecule has 1 spiro atoms. The minimum absolute atomic E-state index is 0.514. The van der Waals surface area contributed by atoms with Gasteiger partial charge in [-0.15, -0.1) is 0 Å². The van der Waals surface area contributed by atoms with Crippen LogP contribution in [-0.2, 0) is 9.59 Å². The summed E-state index contributed by atoms with van der Waals surface area (Å²) in [5.41, 5.74) is -0.770. The molecule has 0 aromatic carbocycles. The van der Waals surface area contributed by atoms with E-state index >= 15 is 0 Å². The fourth-order valence-corrected chi connectivity index (χ4v) is 5.16. The Labute approximate surface area is 137 Å². The van der Waals surface area contributed by atoms with Crippen molar-refractivity contribution in [3.63, 3.8) is 0 Å². The minimum Gasteiger partial charge on any atom is -0.294 e. The molecule has 0 bridgehead atoms. The number of piperidine rings is 1. The number of carbonyl (C=O) groups excluding carboxylic acids is 2. The Kier molecular flexibility index (Phi) is 4.39. The molecule has 2 amide bonds. The van der Waals surface area contributed by atoms with Crippen LogP contribution in [0.5, 0.6) is 0 Å². The van der Waals surface area contributed by atoms with Crippen LogP contribution in [0.15, 0.2) is 0 Å². The third kappa shape index (κ3) is 2.63. The van der Waals surface area contributed by atoms with E-state index in [9.17, 15) is 20.1 Å². The molecule has 2 saturated carbocycles. The van der Waals surface area contributed by atoms with Gasteiger partial charge in [0, 0.05) is 5.41 Å². The third-order valence-electron chi connectivity index (χ3n) is 6.46. The fraction of sp³-hybridized carbons (Fsp3) is 0.778. The zero-order chi connectivity index (χ0) is 16.4. The lowest BCUT2D eigenvalue weighted by Crippen LogP contribution is -2.58. The van der Waals surface area contributed by atoms with Gasteiger partial charge in [0.05, 0.1) is 12.1 Å². The molecule has 3 fully saturated rings. The molecule has 122 valence electrons. The highest BCUT2D eigenvalue weighted by Gasteiger charge is 2.57. The first-order chi connectivity index (χ1) is 11.1. The van der Waals surface area contributed by atoms with Crippen molar-refractivity contribution in [2.45, 2.75) is 57.8 Å². The van der Waals surface area contributed by atoms with Crippen LogP contribution >= 0.6 is 0 Å². The van der Waals surface area contributed by atoms with Gasteiger partial charge in [-0.1, -0.05) is 32.1 Å². The van der Waals surface area contributed by atoms with Gasteiger partial charge in [0.15, 0.2) is 0 Å². The highest BCUT2D eigenvalue weighted by molar-refractivity contribution is 6.03. The van der Waals surface area contributed by atoms with E-state index < -0.39 is 29.1 Å². The van der Waals surface area contributed by atoms with E-state index in [-0.39, 0.29) is 0 Å². The molecule has 0 radical (unpaired) electrons. The molecular weight excluding hydrogens is 290 g/mol. The number of amides is 2. The van der Waals surface area contributed by atoms with Gasteiger partial charge in [-0.2, -0.15) is 10.5 Å². The Balaban J connectivity index is 1.80. The molecule has 5 heteroatoms. The number of nitrogens with zero attached hydrogens (tertiary/aromatic N) is 2. The normalized spacial score (nSPS) is 32.1. The van der Waals surface area contributed by atoms with Crippen LogP contribution in [0.2, 0.25) is 0 Å². The average molecular weight is 313 g/mol. The first-order valence-corrected chi connectivity index (χ1v) is 8.76. The Bertz CT molecular complexity index is 538. The summed E-state index contributed by atoms with van der Waals surface area (Å²) in [5, 5.41) is 21.1. The van der Waals surface area contributed by atoms with E-state index in [1.54, 1.807) is 0 Å². The zero-order valence-corrected chi connectivity index (χ0v) is 13.4. The molecular formula is C18H23N3O2. The average Bonchev–Trinajstić information content (AvgIpc) is 2.57. The Morgan fingerprint density at radius 3 is 1.78 bits per heavy atom. The molecule has 5 nitrogen and oxygen atoms in total. The van der Waals surface area contributed by atoms with E-state index in [2.05, 4.69) is 17.5 Å². The number of imide groups is 1. The standard InChI is InChI=1S/C18H23N3O2/c19-10-14-16(22)21-17(23)15(11-20)18(14)8-6-13(7-9-18)12-4-2-1-3-5-12/h12-15H,1-9H2,(H,21,22,23)/t14-,15-/m0/s1. The number of nitriles is 2. The second-order valence-corrected chi connectivity index (χ2v) is 7.45. The van der Waals surface area contributed by atoms with Crippen molar-refractivity contribution in [1.82, 2.24) is 5.32 Å². The van der Waals surface area contributed by atoms with Crippen molar-refractivity contribution in [2.24, 2.45) is 29.1 Å². The SMILES string of the molecule is N#C[C@H]1C(=O)NC(=O)[C@H](C#N)C12CCC(C1CCCCC1)CC2. The van der Waals surface area contributed by atoms with Crippen LogP contribution < -0.4 is 5.32 Å². The predicted octanol–water partition coefficient (Wildman–Crippen LogP) is 2.68. The van der Waals surface area contributed by atoms with Gasteiger partial charge in [0.2, 0.25) is 11.8 Å². The Morgan fingerprint density at radius 1 is 0.826 bits per heavy atom. The summed E-state index contributed by atoms with van der Waals surface area (Å²) < 4.78 is 0. The predicted molar refractivity (Wildman–Crippen MR) is 82.3 cm³/mol. The number of nitrogens with one attached hydrogen (secondary N) is 1. The van der Waals surface area contributed by atoms with Gasteiger partial charge in [-0.3, -0.25) is 14.9 Å². The minimum atomic E-state index is -0.878. The molecule has 3 rings (SSSR count). The number of hydrogen-bond acceptors (Lipinski definition) is 4. The Hall–Kier alpha value is -1.88. The summed E-state index contributed by atoms with van der Waals surface area (Å²) in [6.07, 6.45) is 9.64. The van der Waals surface area contributed by atoms with E-state index in [0.29, 0.717) is 18.8 Å². The molecule has 0 aromatic rings. The van der Waals surface area contributed by atoms with Crippen LogP contribution in [0, 0.1) is 51.7 Å². The van der Waals surface area contributed by atoms with Crippen molar-refractivity contribution < 1.29 is 9.59 Å². The summed E-state index contributed by atoms with van der Waals surface area (Å²) in [6, 6.07) is 4.16. The van der Waals surface area contributed by atoms with E-state index in [4.69, 9.17) is 0 Å². The van der Waals surface area contributed by atoms with Gasteiger partial charge < -0.3 is 0 Å². The van der Waals surface area contributed by atoms with Gasteiger partial charge in [-0.05, 0) is 37.5 Å². The molecule has 1 aliphatic heterocycles. The molecule has 23 heavy (non-hydrogen) atoms. The highest BCUT2D eigenvalue weighted by Crippen LogP contribution is 2.53. The maximum Gasteiger partial charge on any atom is 0.244 e. The summed E-state index contributed by atoms with van der Waals surface area (Å²) >= 11 is 0. The highest BCUT2D eigenvalue weighted by atomic mass is 16.2. The first-order valence-electron chi connectivity index (χ1n) is 8.76. The first kappa shape index (κ1) is 16.0. The molecule has 3 aliphatic rings. The van der Waals surface area contributed by atoms with Crippen molar-refractivity contribution in [3.8, 4) is 12.1 Å². The molecule has 0 aromatic heterocycles. The topological polar surface area (TPSA) is 93.8 Å². The number of rotatable bonds is 1. The lowest BCUT2D eigenvalue weighted by molar-refractivity contribution is -0.147. The van der Waals surface area contributed by atoms with Crippen LogP contribution in [0.3, 0.4) is 0 Å². The van der Waals surface area contributed by atoms with Gasteiger partial charge in [-0.25, -0.2) is 0 Å². The molecule has 1 heterocycles. The van der Waals surface area contributed by atoms with E-state index in [0.717, 1.165) is 18.8 Å². The fourth-order valence-electron chi connectivity index (χ4n) is 5.16. The van der Waals surface area contributed by atoms with Crippen LogP contribution in [-0.4, -0.2) is 11.8 Å². The second-order valence-electron chi connectivity index (χ2n) is 7.45. The van der Waals surface area contributed by atoms with Crippen LogP contribution in [0.25, 0.3) is 0 Å². The Morgan fingerprint density at radius 2 is 1.30 bits per heavy atom. The quantitative estimate of drug-likeness (QED) is 0.753. The van der Waals surface area contributed by atoms with Gasteiger partial charge >= 0.3 is 0 Å². The summed E-state index contributed by atoms with van der Waals surface area (Å²) in [4.78, 5) is 24.2. The molecule has 0 unspecified atom stereocenters. The summed E-state index contributed by atoms with van der Waals surface area (Å²) in [5.74, 6) is -1.41. The lowest BCUT2D eigenvalue weighted by atomic mass is 9.54. The van der Waals surface area contributed by atoms with E-state index in [1.807, 2.05) is 0 Å². The molecule has 1 N–H and O–H groups in total. The number of hydrogen-bond donors (Lipinski definition) is 1. The largest absolute Gasteiger partial charge is 0.294 e. The van der Waals surface area contributed by atoms with E-state index in [1.165, 1.54) is 32.1 Å². The maximum absolute atomic E-state index is 12.1. The van der Waals surface area contributed by atoms with Crippen molar-refractivity contribution >= 4 is 11.8 Å². The summed E-state index contributed by atoms with van der Waals surface area (Å²) in [6.45, 7) is 0. The molecule has 2 atom stereocenters. The monoisotopic (exact) mass is 313 g/mol. The zero-order valence-electron chi connectivity index (χ0n) is 13.4. The molecule has 1 saturated heterocycles. The van der Waals surface area contributed by atoms with Crippen LogP contribution in [0.4, 0.5) is 0 Å². The lowest BCUT2D eigenvalue weighted by Gasteiger charge is -2.48. The third-order valence-corrected chi connectivity index (χ3v) is 6.46. The molecule has 2 aliphatic carbocycles. The number of carbonyl (C=O) groups is 2. The van der Waals surface area contributed by atoms with Crippen LogP contribution in [0.1, 0.15) is 57.8 Å². The van der Waals surface area contributed by atoms with Gasteiger partial charge in [0.25, 0.3) is 0 Å². The van der Waals surface area contributed by atoms with Crippen molar-refractivity contribution in [1.29, 1.82) is 10.5 Å². The maximum atomic E-state index is 12.1. The smallest absolute Gasteiger partial charge is 0.244 e. The summed E-state index contributed by atoms with van der Waals surface area (Å²) in [7, 11) is 0. The van der Waals surface area contributed by atoms with Crippen molar-refractivity contribution in [2.75, 3.05) is 0 Å². The van der Waals surface area contributed by atoms with Gasteiger partial charge in [0.1, 0.15) is 11.8 Å².